The zero-order chi connectivity index (χ0) is 14.9. The van der Waals surface area contributed by atoms with E-state index in [2.05, 4.69) is 0 Å². The van der Waals surface area contributed by atoms with Crippen LogP contribution in [0.4, 0.5) is 5.69 Å². The van der Waals surface area contributed by atoms with Gasteiger partial charge in [0.05, 0.1) is 11.1 Å². The van der Waals surface area contributed by atoms with E-state index in [9.17, 15) is 9.59 Å². The average molecular weight is 289 g/mol. The Balaban J connectivity index is 2.26. The van der Waals surface area contributed by atoms with Gasteiger partial charge in [0.2, 0.25) is 0 Å². The number of anilines is 1. The molecule has 20 heavy (non-hydrogen) atoms. The van der Waals surface area contributed by atoms with Crippen LogP contribution < -0.4 is 4.90 Å². The van der Waals surface area contributed by atoms with E-state index in [0.29, 0.717) is 11.3 Å². The van der Waals surface area contributed by atoms with Gasteiger partial charge in [0.1, 0.15) is 0 Å². The molecule has 0 unspecified atom stereocenters. The van der Waals surface area contributed by atoms with E-state index < -0.39 is 5.97 Å². The highest BCUT2D eigenvalue weighted by molar-refractivity contribution is 7.12. The number of thiophene rings is 1. The van der Waals surface area contributed by atoms with E-state index in [0.717, 1.165) is 9.75 Å². The van der Waals surface area contributed by atoms with Crippen molar-refractivity contribution in [1.82, 2.24) is 0 Å². The molecule has 5 heteroatoms. The third-order valence-corrected chi connectivity index (χ3v) is 4.04. The number of carbonyl (C=O) groups excluding carboxylic acids is 1. The molecular weight excluding hydrogens is 274 g/mol. The number of hydrogen-bond donors (Lipinski definition) is 1. The maximum atomic E-state index is 12.4. The summed E-state index contributed by atoms with van der Waals surface area (Å²) in [5.74, 6) is -1.07. The van der Waals surface area contributed by atoms with Crippen LogP contribution in [-0.2, 0) is 0 Å². The Bertz CT molecular complexity index is 658. The molecule has 1 aromatic heterocycles. The standard InChI is InChI=1S/C15H15NO3S/c1-9-8-13(10(2)20-9)14(17)16(3)12-6-4-11(5-7-12)15(18)19/h4-8H,1-3H3,(H,18,19). The predicted molar refractivity (Wildman–Crippen MR) is 79.9 cm³/mol. The summed E-state index contributed by atoms with van der Waals surface area (Å²) >= 11 is 1.59. The van der Waals surface area contributed by atoms with E-state index in [4.69, 9.17) is 5.11 Å². The second-order valence-corrected chi connectivity index (χ2v) is 6.00. The Hall–Kier alpha value is -2.14. The van der Waals surface area contributed by atoms with E-state index in [-0.39, 0.29) is 11.5 Å². The van der Waals surface area contributed by atoms with E-state index in [1.807, 2.05) is 19.9 Å². The van der Waals surface area contributed by atoms with Crippen LogP contribution in [0.15, 0.2) is 30.3 Å². The highest BCUT2D eigenvalue weighted by Crippen LogP contribution is 2.24. The van der Waals surface area contributed by atoms with Crippen LogP contribution in [0.25, 0.3) is 0 Å². The van der Waals surface area contributed by atoms with Gasteiger partial charge in [-0.15, -0.1) is 11.3 Å². The van der Waals surface area contributed by atoms with Gasteiger partial charge in [-0.1, -0.05) is 0 Å². The SMILES string of the molecule is Cc1cc(C(=O)N(C)c2ccc(C(=O)O)cc2)c(C)s1. The molecule has 2 aromatic rings. The quantitative estimate of drug-likeness (QED) is 0.942. The number of benzene rings is 1. The molecular formula is C15H15NO3S. The molecule has 0 spiro atoms. The predicted octanol–water partition coefficient (Wildman–Crippen LogP) is 3.34. The minimum atomic E-state index is -0.977. The van der Waals surface area contributed by atoms with Crippen molar-refractivity contribution in [2.45, 2.75) is 13.8 Å². The van der Waals surface area contributed by atoms with Crippen molar-refractivity contribution in [3.8, 4) is 0 Å². The van der Waals surface area contributed by atoms with Gasteiger partial charge in [-0.3, -0.25) is 4.79 Å². The van der Waals surface area contributed by atoms with Gasteiger partial charge in [-0.05, 0) is 44.2 Å². The van der Waals surface area contributed by atoms with Crippen LogP contribution >= 0.6 is 11.3 Å². The maximum Gasteiger partial charge on any atom is 0.335 e. The summed E-state index contributed by atoms with van der Waals surface area (Å²) in [6, 6.07) is 8.14. The summed E-state index contributed by atoms with van der Waals surface area (Å²) in [5, 5.41) is 8.86. The number of rotatable bonds is 3. The van der Waals surface area contributed by atoms with E-state index >= 15 is 0 Å². The van der Waals surface area contributed by atoms with Gasteiger partial charge in [-0.2, -0.15) is 0 Å². The zero-order valence-electron chi connectivity index (χ0n) is 11.5. The highest BCUT2D eigenvalue weighted by atomic mass is 32.1. The van der Waals surface area contributed by atoms with E-state index in [1.165, 1.54) is 17.0 Å². The van der Waals surface area contributed by atoms with Crippen molar-refractivity contribution in [3.63, 3.8) is 0 Å². The summed E-state index contributed by atoms with van der Waals surface area (Å²) in [5.41, 5.74) is 1.57. The third-order valence-electron chi connectivity index (χ3n) is 3.08. The van der Waals surface area contributed by atoms with Crippen LogP contribution in [0.2, 0.25) is 0 Å². The summed E-state index contributed by atoms with van der Waals surface area (Å²) in [6.45, 7) is 3.89. The first-order chi connectivity index (χ1) is 9.40. The monoisotopic (exact) mass is 289 g/mol. The minimum absolute atomic E-state index is 0.0880. The van der Waals surface area contributed by atoms with Crippen molar-refractivity contribution >= 4 is 28.9 Å². The molecule has 0 aliphatic carbocycles. The fourth-order valence-electron chi connectivity index (χ4n) is 1.97. The zero-order valence-corrected chi connectivity index (χ0v) is 12.3. The van der Waals surface area contributed by atoms with E-state index in [1.54, 1.807) is 30.5 Å². The molecule has 0 saturated heterocycles. The molecule has 0 saturated carbocycles. The Kier molecular flexibility index (Phi) is 3.90. The van der Waals surface area contributed by atoms with Crippen molar-refractivity contribution in [2.24, 2.45) is 0 Å². The highest BCUT2D eigenvalue weighted by Gasteiger charge is 2.17. The number of aromatic carboxylic acids is 1. The fraction of sp³-hybridized carbons (Fsp3) is 0.200. The number of carbonyl (C=O) groups is 2. The van der Waals surface area contributed by atoms with Crippen LogP contribution in [-0.4, -0.2) is 24.0 Å². The molecule has 1 amide bonds. The Morgan fingerprint density at radius 2 is 1.75 bits per heavy atom. The first-order valence-corrected chi connectivity index (χ1v) is 6.90. The molecule has 0 aliphatic heterocycles. The fourth-order valence-corrected chi connectivity index (χ4v) is 2.88. The number of amides is 1. The van der Waals surface area contributed by atoms with Gasteiger partial charge in [0, 0.05) is 22.5 Å². The lowest BCUT2D eigenvalue weighted by Crippen LogP contribution is -2.26. The van der Waals surface area contributed by atoms with Crippen molar-refractivity contribution in [2.75, 3.05) is 11.9 Å². The molecule has 0 bridgehead atoms. The van der Waals surface area contributed by atoms with Crippen molar-refractivity contribution in [3.05, 3.63) is 51.2 Å². The maximum absolute atomic E-state index is 12.4. The molecule has 0 atom stereocenters. The molecule has 4 nitrogen and oxygen atoms in total. The Morgan fingerprint density at radius 1 is 1.15 bits per heavy atom. The first kappa shape index (κ1) is 14.3. The van der Waals surface area contributed by atoms with Gasteiger partial charge in [0.15, 0.2) is 0 Å². The number of aryl methyl sites for hydroxylation is 2. The second-order valence-electron chi connectivity index (χ2n) is 4.54. The smallest absolute Gasteiger partial charge is 0.335 e. The molecule has 104 valence electrons. The topological polar surface area (TPSA) is 57.6 Å². The number of carboxylic acids is 1. The van der Waals surface area contributed by atoms with Crippen LogP contribution in [0.1, 0.15) is 30.5 Å². The largest absolute Gasteiger partial charge is 0.478 e. The summed E-state index contributed by atoms with van der Waals surface area (Å²) in [7, 11) is 1.69. The van der Waals surface area contributed by atoms with Gasteiger partial charge in [0.25, 0.3) is 5.91 Å². The lowest BCUT2D eigenvalue weighted by Gasteiger charge is -2.17. The van der Waals surface area contributed by atoms with Crippen LogP contribution in [0, 0.1) is 13.8 Å². The lowest BCUT2D eigenvalue weighted by atomic mass is 10.1. The molecule has 1 N–H and O–H groups in total. The minimum Gasteiger partial charge on any atom is -0.478 e. The van der Waals surface area contributed by atoms with Crippen molar-refractivity contribution in [1.29, 1.82) is 0 Å². The van der Waals surface area contributed by atoms with Crippen molar-refractivity contribution < 1.29 is 14.7 Å². The number of nitrogens with zero attached hydrogens (tertiary/aromatic N) is 1. The molecule has 2 rings (SSSR count). The molecule has 0 aliphatic rings. The average Bonchev–Trinajstić information content (AvgIpc) is 2.76. The summed E-state index contributed by atoms with van der Waals surface area (Å²) in [6.07, 6.45) is 0. The molecule has 0 radical (unpaired) electrons. The molecule has 0 fully saturated rings. The number of carboxylic acid groups (broad SMARTS) is 1. The molecule has 1 heterocycles. The van der Waals surface area contributed by atoms with Gasteiger partial charge in [-0.25, -0.2) is 4.79 Å². The Morgan fingerprint density at radius 3 is 2.20 bits per heavy atom. The Labute approximate surface area is 121 Å². The van der Waals surface area contributed by atoms with Gasteiger partial charge >= 0.3 is 5.97 Å². The summed E-state index contributed by atoms with van der Waals surface area (Å²) in [4.78, 5) is 26.8. The van der Waals surface area contributed by atoms with Crippen LogP contribution in [0.3, 0.4) is 0 Å². The van der Waals surface area contributed by atoms with Crippen LogP contribution in [0.5, 0.6) is 0 Å². The number of hydrogen-bond acceptors (Lipinski definition) is 3. The normalized spacial score (nSPS) is 10.3. The third kappa shape index (κ3) is 2.72. The van der Waals surface area contributed by atoms with Gasteiger partial charge < -0.3 is 10.0 Å². The summed E-state index contributed by atoms with van der Waals surface area (Å²) < 4.78 is 0. The lowest BCUT2D eigenvalue weighted by molar-refractivity contribution is 0.0696. The molecule has 1 aromatic carbocycles. The first-order valence-electron chi connectivity index (χ1n) is 6.08. The second kappa shape index (κ2) is 5.46.